The van der Waals surface area contributed by atoms with Crippen molar-refractivity contribution in [1.29, 1.82) is 0 Å². The van der Waals surface area contributed by atoms with Crippen LogP contribution in [0.4, 0.5) is 5.69 Å². The van der Waals surface area contributed by atoms with E-state index < -0.39 is 5.91 Å². The molecule has 0 aromatic heterocycles. The molecule has 0 radical (unpaired) electrons. The van der Waals surface area contributed by atoms with E-state index in [1.165, 1.54) is 0 Å². The molecule has 1 heterocycles. The van der Waals surface area contributed by atoms with Crippen molar-refractivity contribution in [2.24, 2.45) is 0 Å². The van der Waals surface area contributed by atoms with Gasteiger partial charge in [0, 0.05) is 17.7 Å². The Labute approximate surface area is 173 Å². The number of amides is 2. The highest BCUT2D eigenvalue weighted by molar-refractivity contribution is 5.94. The molecule has 7 heteroatoms. The highest BCUT2D eigenvalue weighted by Gasteiger charge is 2.14. The van der Waals surface area contributed by atoms with Crippen LogP contribution in [0.3, 0.4) is 0 Å². The third-order valence-electron chi connectivity index (χ3n) is 4.81. The Morgan fingerprint density at radius 1 is 0.900 bits per heavy atom. The number of aryl methyl sites for hydroxylation is 1. The largest absolute Gasteiger partial charge is 0.454 e. The summed E-state index contributed by atoms with van der Waals surface area (Å²) in [5, 5.41) is 11.6. The first-order valence-corrected chi connectivity index (χ1v) is 9.46. The van der Waals surface area contributed by atoms with Crippen molar-refractivity contribution in [2.45, 2.75) is 12.8 Å². The SMILES string of the molecule is O=C(CCc1ccc2c(c1)OCO2)Nc1cccc(-c2ccc(C(=O)NO)cc2)c1. The van der Waals surface area contributed by atoms with Crippen LogP contribution in [-0.4, -0.2) is 23.8 Å². The summed E-state index contributed by atoms with van der Waals surface area (Å²) >= 11 is 0. The third-order valence-corrected chi connectivity index (χ3v) is 4.81. The average Bonchev–Trinajstić information content (AvgIpc) is 3.25. The average molecular weight is 404 g/mol. The van der Waals surface area contributed by atoms with Crippen molar-refractivity contribution in [3.8, 4) is 22.6 Å². The fourth-order valence-corrected chi connectivity index (χ4v) is 3.23. The van der Waals surface area contributed by atoms with Crippen LogP contribution in [0.15, 0.2) is 66.7 Å². The number of hydrogen-bond acceptors (Lipinski definition) is 5. The number of benzene rings is 3. The van der Waals surface area contributed by atoms with Crippen LogP contribution >= 0.6 is 0 Å². The molecule has 0 saturated heterocycles. The molecule has 0 fully saturated rings. The Balaban J connectivity index is 1.38. The minimum atomic E-state index is -0.565. The first-order chi connectivity index (χ1) is 14.6. The molecular weight excluding hydrogens is 384 g/mol. The van der Waals surface area contributed by atoms with Crippen LogP contribution in [0.5, 0.6) is 11.5 Å². The van der Waals surface area contributed by atoms with Gasteiger partial charge in [0.1, 0.15) is 0 Å². The molecule has 3 N–H and O–H groups in total. The summed E-state index contributed by atoms with van der Waals surface area (Å²) in [6.07, 6.45) is 0.936. The van der Waals surface area contributed by atoms with Gasteiger partial charge >= 0.3 is 0 Å². The fraction of sp³-hybridized carbons (Fsp3) is 0.130. The molecule has 0 spiro atoms. The molecule has 2 amide bonds. The van der Waals surface area contributed by atoms with Crippen LogP contribution in [0.25, 0.3) is 11.1 Å². The molecule has 1 aliphatic heterocycles. The molecule has 4 rings (SSSR count). The van der Waals surface area contributed by atoms with Gasteiger partial charge in [-0.05, 0) is 59.5 Å². The fourth-order valence-electron chi connectivity index (χ4n) is 3.23. The van der Waals surface area contributed by atoms with Crippen molar-refractivity contribution in [2.75, 3.05) is 12.1 Å². The topological polar surface area (TPSA) is 96.9 Å². The first-order valence-electron chi connectivity index (χ1n) is 9.46. The normalized spacial score (nSPS) is 11.8. The summed E-state index contributed by atoms with van der Waals surface area (Å²) in [5.74, 6) is 0.790. The van der Waals surface area contributed by atoms with Crippen molar-refractivity contribution in [3.63, 3.8) is 0 Å². The second-order valence-corrected chi connectivity index (χ2v) is 6.83. The molecule has 30 heavy (non-hydrogen) atoms. The minimum absolute atomic E-state index is 0.0835. The van der Waals surface area contributed by atoms with Gasteiger partial charge in [-0.1, -0.05) is 30.3 Å². The molecule has 0 saturated carbocycles. The maximum absolute atomic E-state index is 12.4. The van der Waals surface area contributed by atoms with E-state index in [-0.39, 0.29) is 12.7 Å². The van der Waals surface area contributed by atoms with Crippen molar-refractivity contribution in [3.05, 3.63) is 77.9 Å². The van der Waals surface area contributed by atoms with E-state index in [1.54, 1.807) is 29.7 Å². The number of carbonyl (C=O) groups is 2. The molecule has 3 aromatic rings. The van der Waals surface area contributed by atoms with Crippen molar-refractivity contribution in [1.82, 2.24) is 5.48 Å². The Morgan fingerprint density at radius 3 is 2.50 bits per heavy atom. The molecule has 0 bridgehead atoms. The molecular formula is C23H20N2O5. The van der Waals surface area contributed by atoms with E-state index in [4.69, 9.17) is 14.7 Å². The second-order valence-electron chi connectivity index (χ2n) is 6.83. The van der Waals surface area contributed by atoms with Crippen molar-refractivity contribution >= 4 is 17.5 Å². The molecule has 1 aliphatic rings. The molecule has 0 aliphatic carbocycles. The van der Waals surface area contributed by atoms with E-state index in [2.05, 4.69) is 5.32 Å². The summed E-state index contributed by atoms with van der Waals surface area (Å²) < 4.78 is 10.7. The number of ether oxygens (including phenoxy) is 2. The number of rotatable bonds is 6. The number of carbonyl (C=O) groups excluding carboxylic acids is 2. The number of hydroxylamine groups is 1. The molecule has 0 atom stereocenters. The van der Waals surface area contributed by atoms with Gasteiger partial charge in [0.15, 0.2) is 11.5 Å². The lowest BCUT2D eigenvalue weighted by molar-refractivity contribution is -0.116. The number of nitrogens with one attached hydrogen (secondary N) is 2. The zero-order chi connectivity index (χ0) is 20.9. The van der Waals surface area contributed by atoms with Crippen LogP contribution in [0, 0.1) is 0 Å². The summed E-state index contributed by atoms with van der Waals surface area (Å²) in [4.78, 5) is 23.8. The van der Waals surface area contributed by atoms with Gasteiger partial charge in [-0.2, -0.15) is 0 Å². The summed E-state index contributed by atoms with van der Waals surface area (Å²) in [7, 11) is 0. The lowest BCUT2D eigenvalue weighted by Crippen LogP contribution is -2.18. The van der Waals surface area contributed by atoms with E-state index in [1.807, 2.05) is 42.5 Å². The quantitative estimate of drug-likeness (QED) is 0.429. The Kier molecular flexibility index (Phi) is 5.63. The van der Waals surface area contributed by atoms with Crippen LogP contribution < -0.4 is 20.3 Å². The van der Waals surface area contributed by atoms with Gasteiger partial charge in [0.05, 0.1) is 0 Å². The highest BCUT2D eigenvalue weighted by Crippen LogP contribution is 2.32. The standard InChI is InChI=1S/C23H20N2O5/c26-22(11-5-15-4-10-20-21(12-15)30-14-29-20)24-19-3-1-2-18(13-19)16-6-8-17(9-7-16)23(27)25-28/h1-4,6-10,12-13,28H,5,11,14H2,(H,24,26)(H,25,27). The Morgan fingerprint density at radius 2 is 1.70 bits per heavy atom. The smallest absolute Gasteiger partial charge is 0.274 e. The van der Waals surface area contributed by atoms with Crippen molar-refractivity contribution < 1.29 is 24.3 Å². The van der Waals surface area contributed by atoms with Gasteiger partial charge in [0.2, 0.25) is 12.7 Å². The summed E-state index contributed by atoms with van der Waals surface area (Å²) in [6, 6.07) is 20.0. The zero-order valence-electron chi connectivity index (χ0n) is 16.1. The lowest BCUT2D eigenvalue weighted by Gasteiger charge is -2.09. The summed E-state index contributed by atoms with van der Waals surface area (Å²) in [5.41, 5.74) is 5.46. The first kappa shape index (κ1) is 19.5. The Hall–Kier alpha value is -3.84. The third kappa shape index (κ3) is 4.42. The molecule has 0 unspecified atom stereocenters. The maximum atomic E-state index is 12.4. The number of anilines is 1. The molecule has 152 valence electrons. The highest BCUT2D eigenvalue weighted by atomic mass is 16.7. The van der Waals surface area contributed by atoms with Crippen LogP contribution in [0.1, 0.15) is 22.3 Å². The van der Waals surface area contributed by atoms with Crippen LogP contribution in [-0.2, 0) is 11.2 Å². The van der Waals surface area contributed by atoms with E-state index in [0.717, 1.165) is 22.4 Å². The predicted molar refractivity (Wildman–Crippen MR) is 111 cm³/mol. The van der Waals surface area contributed by atoms with Gasteiger partial charge in [0.25, 0.3) is 5.91 Å². The van der Waals surface area contributed by atoms with E-state index >= 15 is 0 Å². The summed E-state index contributed by atoms with van der Waals surface area (Å²) in [6.45, 7) is 0.229. The van der Waals surface area contributed by atoms with Gasteiger partial charge in [-0.15, -0.1) is 0 Å². The molecule has 7 nitrogen and oxygen atoms in total. The lowest BCUT2D eigenvalue weighted by atomic mass is 10.0. The zero-order valence-corrected chi connectivity index (χ0v) is 16.1. The molecule has 3 aromatic carbocycles. The van der Waals surface area contributed by atoms with E-state index in [9.17, 15) is 9.59 Å². The van der Waals surface area contributed by atoms with E-state index in [0.29, 0.717) is 29.8 Å². The number of fused-ring (bicyclic) bond motifs is 1. The number of hydrogen-bond donors (Lipinski definition) is 3. The van der Waals surface area contributed by atoms with Crippen LogP contribution in [0.2, 0.25) is 0 Å². The van der Waals surface area contributed by atoms with Gasteiger partial charge in [-0.25, -0.2) is 5.48 Å². The Bertz CT molecular complexity index is 1080. The monoisotopic (exact) mass is 404 g/mol. The van der Waals surface area contributed by atoms with Gasteiger partial charge < -0.3 is 14.8 Å². The maximum Gasteiger partial charge on any atom is 0.274 e. The second kappa shape index (κ2) is 8.67. The predicted octanol–water partition coefficient (Wildman–Crippen LogP) is 3.77. The van der Waals surface area contributed by atoms with Gasteiger partial charge in [-0.3, -0.25) is 14.8 Å². The minimum Gasteiger partial charge on any atom is -0.454 e.